The van der Waals surface area contributed by atoms with E-state index in [0.29, 0.717) is 5.57 Å². The van der Waals surface area contributed by atoms with Crippen LogP contribution in [-0.4, -0.2) is 19.0 Å². The number of unbranched alkanes of at least 4 members (excludes halogenated alkanes) is 7. The Hall–Kier alpha value is -0.830. The molecular weight excluding hydrogens is 212 g/mol. The minimum atomic E-state index is -0.0215. The second-order valence-electron chi connectivity index (χ2n) is 4.65. The molecule has 0 saturated heterocycles. The molecule has 0 aromatic heterocycles. The van der Waals surface area contributed by atoms with Gasteiger partial charge >= 0.3 is 0 Å². The highest BCUT2D eigenvalue weighted by Crippen LogP contribution is 2.07. The number of hydrogen-bond donors (Lipinski definition) is 2. The lowest BCUT2D eigenvalue weighted by Gasteiger charge is -2.04. The normalized spacial score (nSPS) is 10.2. The fraction of sp³-hybridized carbons (Fsp3) is 0.786. The van der Waals surface area contributed by atoms with Crippen LogP contribution < -0.4 is 11.1 Å². The number of nitrogens with two attached hydrogens (primary N) is 1. The van der Waals surface area contributed by atoms with Crippen molar-refractivity contribution in [3.05, 3.63) is 12.2 Å². The Kier molecular flexibility index (Phi) is 11.1. The maximum atomic E-state index is 11.2. The van der Waals surface area contributed by atoms with Crippen LogP contribution in [0.2, 0.25) is 0 Å². The first-order valence-electron chi connectivity index (χ1n) is 6.82. The summed E-state index contributed by atoms with van der Waals surface area (Å²) < 4.78 is 0. The molecule has 0 spiro atoms. The van der Waals surface area contributed by atoms with Crippen LogP contribution in [0.3, 0.4) is 0 Å². The summed E-state index contributed by atoms with van der Waals surface area (Å²) in [4.78, 5) is 11.2. The Morgan fingerprint density at radius 3 is 1.94 bits per heavy atom. The van der Waals surface area contributed by atoms with Gasteiger partial charge in [0.1, 0.15) is 0 Å². The molecule has 0 aliphatic heterocycles. The molecule has 3 heteroatoms. The van der Waals surface area contributed by atoms with Crippen molar-refractivity contribution < 1.29 is 4.79 Å². The summed E-state index contributed by atoms with van der Waals surface area (Å²) in [5, 5.41) is 2.85. The van der Waals surface area contributed by atoms with Gasteiger partial charge in [-0.05, 0) is 26.3 Å². The van der Waals surface area contributed by atoms with Gasteiger partial charge < -0.3 is 11.1 Å². The fourth-order valence-corrected chi connectivity index (χ4v) is 1.68. The maximum Gasteiger partial charge on any atom is 0.246 e. The quantitative estimate of drug-likeness (QED) is 0.431. The van der Waals surface area contributed by atoms with Crippen LogP contribution >= 0.6 is 0 Å². The molecule has 0 aromatic rings. The number of nitrogens with one attached hydrogen (secondary N) is 1. The molecule has 0 saturated carbocycles. The van der Waals surface area contributed by atoms with E-state index >= 15 is 0 Å². The molecule has 0 bridgehead atoms. The van der Waals surface area contributed by atoms with Crippen LogP contribution in [0.15, 0.2) is 12.2 Å². The average Bonchev–Trinajstić information content (AvgIpc) is 2.31. The van der Waals surface area contributed by atoms with Crippen LogP contribution in [0, 0.1) is 0 Å². The van der Waals surface area contributed by atoms with Crippen molar-refractivity contribution in [2.45, 2.75) is 58.3 Å². The molecule has 0 aliphatic carbocycles. The first kappa shape index (κ1) is 16.2. The minimum Gasteiger partial charge on any atom is -0.352 e. The molecule has 0 rings (SSSR count). The van der Waals surface area contributed by atoms with Gasteiger partial charge in [0.25, 0.3) is 0 Å². The van der Waals surface area contributed by atoms with E-state index in [-0.39, 0.29) is 5.91 Å². The standard InChI is InChI=1S/C14H28N2O/c1-13(2)14(17)16-12-10-8-6-4-3-5-7-9-11-15/h1,3-12,15H2,2H3,(H,16,17). The van der Waals surface area contributed by atoms with E-state index in [2.05, 4.69) is 11.9 Å². The van der Waals surface area contributed by atoms with Gasteiger partial charge in [-0.1, -0.05) is 45.1 Å². The molecule has 3 nitrogen and oxygen atoms in total. The van der Waals surface area contributed by atoms with Gasteiger partial charge in [0.15, 0.2) is 0 Å². The number of rotatable bonds is 11. The summed E-state index contributed by atoms with van der Waals surface area (Å²) in [6, 6.07) is 0. The summed E-state index contributed by atoms with van der Waals surface area (Å²) in [6.45, 7) is 6.93. The zero-order valence-corrected chi connectivity index (χ0v) is 11.3. The Balaban J connectivity index is 3.08. The Bertz CT molecular complexity index is 214. The van der Waals surface area contributed by atoms with Crippen LogP contribution in [0.25, 0.3) is 0 Å². The van der Waals surface area contributed by atoms with Crippen molar-refractivity contribution >= 4 is 5.91 Å². The van der Waals surface area contributed by atoms with Gasteiger partial charge in [0.2, 0.25) is 5.91 Å². The molecule has 0 aliphatic rings. The van der Waals surface area contributed by atoms with Crippen LogP contribution in [-0.2, 0) is 4.79 Å². The number of amides is 1. The average molecular weight is 240 g/mol. The Morgan fingerprint density at radius 2 is 1.47 bits per heavy atom. The van der Waals surface area contributed by atoms with Crippen molar-refractivity contribution in [1.82, 2.24) is 5.32 Å². The molecule has 100 valence electrons. The summed E-state index contributed by atoms with van der Waals surface area (Å²) in [5.74, 6) is -0.0215. The Morgan fingerprint density at radius 1 is 1.00 bits per heavy atom. The molecule has 0 atom stereocenters. The number of hydrogen-bond acceptors (Lipinski definition) is 2. The van der Waals surface area contributed by atoms with E-state index in [1.54, 1.807) is 6.92 Å². The van der Waals surface area contributed by atoms with Crippen molar-refractivity contribution in [2.75, 3.05) is 13.1 Å². The molecule has 3 N–H and O–H groups in total. The fourth-order valence-electron chi connectivity index (χ4n) is 1.68. The molecule has 17 heavy (non-hydrogen) atoms. The molecule has 0 unspecified atom stereocenters. The molecule has 0 fully saturated rings. The zero-order chi connectivity index (χ0) is 12.9. The van der Waals surface area contributed by atoms with E-state index in [4.69, 9.17) is 5.73 Å². The lowest BCUT2D eigenvalue weighted by atomic mass is 10.1. The molecule has 0 heterocycles. The largest absolute Gasteiger partial charge is 0.352 e. The van der Waals surface area contributed by atoms with E-state index in [1.165, 1.54) is 38.5 Å². The first-order chi connectivity index (χ1) is 8.18. The molecule has 0 aromatic carbocycles. The minimum absolute atomic E-state index is 0.0215. The molecule has 0 radical (unpaired) electrons. The molecular formula is C14H28N2O. The third kappa shape index (κ3) is 11.4. The van der Waals surface area contributed by atoms with E-state index in [1.807, 2.05) is 0 Å². The zero-order valence-electron chi connectivity index (χ0n) is 11.3. The Labute approximate surface area is 106 Å². The first-order valence-corrected chi connectivity index (χ1v) is 6.82. The van der Waals surface area contributed by atoms with Crippen LogP contribution in [0.5, 0.6) is 0 Å². The van der Waals surface area contributed by atoms with E-state index in [0.717, 1.165) is 25.9 Å². The van der Waals surface area contributed by atoms with Crippen molar-refractivity contribution in [3.8, 4) is 0 Å². The van der Waals surface area contributed by atoms with Gasteiger partial charge in [-0.3, -0.25) is 4.79 Å². The third-order valence-corrected chi connectivity index (χ3v) is 2.80. The van der Waals surface area contributed by atoms with Crippen molar-refractivity contribution in [1.29, 1.82) is 0 Å². The number of carbonyl (C=O) groups is 1. The lowest BCUT2D eigenvalue weighted by molar-refractivity contribution is -0.117. The van der Waals surface area contributed by atoms with Crippen molar-refractivity contribution in [2.24, 2.45) is 5.73 Å². The maximum absolute atomic E-state index is 11.2. The molecule has 1 amide bonds. The second-order valence-corrected chi connectivity index (χ2v) is 4.65. The summed E-state index contributed by atoms with van der Waals surface area (Å²) in [6.07, 6.45) is 9.90. The van der Waals surface area contributed by atoms with Gasteiger partial charge in [0.05, 0.1) is 0 Å². The monoisotopic (exact) mass is 240 g/mol. The third-order valence-electron chi connectivity index (χ3n) is 2.80. The highest BCUT2D eigenvalue weighted by molar-refractivity contribution is 5.91. The van der Waals surface area contributed by atoms with E-state index < -0.39 is 0 Å². The lowest BCUT2D eigenvalue weighted by Crippen LogP contribution is -2.24. The van der Waals surface area contributed by atoms with Crippen LogP contribution in [0.4, 0.5) is 0 Å². The van der Waals surface area contributed by atoms with Gasteiger partial charge in [-0.25, -0.2) is 0 Å². The van der Waals surface area contributed by atoms with Gasteiger partial charge in [-0.15, -0.1) is 0 Å². The predicted octanol–water partition coefficient (Wildman–Crippen LogP) is 2.76. The van der Waals surface area contributed by atoms with Gasteiger partial charge in [0, 0.05) is 12.1 Å². The van der Waals surface area contributed by atoms with E-state index in [9.17, 15) is 4.79 Å². The number of carbonyl (C=O) groups excluding carboxylic acids is 1. The highest BCUT2D eigenvalue weighted by Gasteiger charge is 1.99. The topological polar surface area (TPSA) is 55.1 Å². The predicted molar refractivity (Wildman–Crippen MR) is 73.8 cm³/mol. The summed E-state index contributed by atoms with van der Waals surface area (Å²) in [5.41, 5.74) is 6.02. The van der Waals surface area contributed by atoms with Gasteiger partial charge in [-0.2, -0.15) is 0 Å². The summed E-state index contributed by atoms with van der Waals surface area (Å²) in [7, 11) is 0. The SMILES string of the molecule is C=C(C)C(=O)NCCCCCCCCCCN. The smallest absolute Gasteiger partial charge is 0.246 e. The van der Waals surface area contributed by atoms with Crippen molar-refractivity contribution in [3.63, 3.8) is 0 Å². The highest BCUT2D eigenvalue weighted by atomic mass is 16.1. The second kappa shape index (κ2) is 11.6. The van der Waals surface area contributed by atoms with Crippen LogP contribution in [0.1, 0.15) is 58.3 Å². The summed E-state index contributed by atoms with van der Waals surface area (Å²) >= 11 is 0.